The fourth-order valence-electron chi connectivity index (χ4n) is 5.39. The largest absolute Gasteiger partial charge is 0.493 e. The van der Waals surface area contributed by atoms with E-state index < -0.39 is 84.2 Å². The van der Waals surface area contributed by atoms with E-state index in [1.54, 1.807) is 0 Å². The monoisotopic (exact) mass is 670 g/mol. The fourth-order valence-corrected chi connectivity index (χ4v) is 5.39. The van der Waals surface area contributed by atoms with Gasteiger partial charge in [-0.2, -0.15) is 17.6 Å². The molecular weight excluding hydrogens is 632 g/mol. The summed E-state index contributed by atoms with van der Waals surface area (Å²) in [5, 5.41) is 0. The first-order valence-electron chi connectivity index (χ1n) is 15.5. The van der Waals surface area contributed by atoms with Crippen molar-refractivity contribution in [2.24, 2.45) is 0 Å². The predicted molar refractivity (Wildman–Crippen MR) is 149 cm³/mol. The Hall–Kier alpha value is -2.68. The maximum absolute atomic E-state index is 15.1. The van der Waals surface area contributed by atoms with Crippen molar-refractivity contribution in [3.8, 4) is 11.5 Å². The van der Waals surface area contributed by atoms with Crippen molar-refractivity contribution < 1.29 is 63.5 Å². The highest BCUT2D eigenvalue weighted by molar-refractivity contribution is 5.33. The number of alkyl halides is 4. The topological polar surface area (TPSA) is 55.4 Å². The molecule has 258 valence electrons. The highest BCUT2D eigenvalue weighted by atomic mass is 19.3. The third kappa shape index (κ3) is 8.81. The molecule has 2 saturated heterocycles. The van der Waals surface area contributed by atoms with Crippen molar-refractivity contribution in [2.75, 3.05) is 26.4 Å². The fraction of sp³-hybridized carbons (Fsp3) is 0.625. The Bertz CT molecular complexity index is 1150. The van der Waals surface area contributed by atoms with E-state index in [0.717, 1.165) is 38.5 Å². The van der Waals surface area contributed by atoms with Gasteiger partial charge in [-0.05, 0) is 12.8 Å². The minimum Gasteiger partial charge on any atom is -0.493 e. The summed E-state index contributed by atoms with van der Waals surface area (Å²) in [5.74, 6) is -7.01. The van der Waals surface area contributed by atoms with Crippen molar-refractivity contribution in [3.63, 3.8) is 0 Å². The van der Waals surface area contributed by atoms with E-state index in [4.69, 9.17) is 28.4 Å². The van der Waals surface area contributed by atoms with Gasteiger partial charge in [-0.15, -0.1) is 0 Å². The zero-order valence-corrected chi connectivity index (χ0v) is 25.6. The molecule has 6 nitrogen and oxygen atoms in total. The van der Waals surface area contributed by atoms with Crippen LogP contribution in [0, 0.1) is 23.3 Å². The summed E-state index contributed by atoms with van der Waals surface area (Å²) in [6.07, 6.45) is -8.46. The highest BCUT2D eigenvalue weighted by Gasteiger charge is 2.56. The minimum atomic E-state index is -4.52. The van der Waals surface area contributed by atoms with Crippen LogP contribution in [-0.4, -0.2) is 50.8 Å². The van der Waals surface area contributed by atoms with Crippen LogP contribution in [0.25, 0.3) is 0 Å². The lowest BCUT2D eigenvalue weighted by atomic mass is 10.1. The quantitative estimate of drug-likeness (QED) is 0.117. The first-order valence-corrected chi connectivity index (χ1v) is 15.5. The molecule has 4 atom stereocenters. The van der Waals surface area contributed by atoms with Gasteiger partial charge in [0.25, 0.3) is 0 Å². The SMILES string of the molecule is CCCCCCOc1cc(F)c(C(F)(F)O[C@H]2CO[C@@H]3[C@H]2OC[C@H]3OC(F)(F)c2c(F)cc(OCCCCCC)cc2F)c(F)c1. The Morgan fingerprint density at radius 1 is 0.587 bits per heavy atom. The van der Waals surface area contributed by atoms with E-state index in [1.807, 2.05) is 13.8 Å². The minimum absolute atomic E-state index is 0.144. The van der Waals surface area contributed by atoms with Gasteiger partial charge in [-0.1, -0.05) is 52.4 Å². The Morgan fingerprint density at radius 3 is 1.26 bits per heavy atom. The standard InChI is InChI=1S/C32H38F8O6/c1-3-5-7-9-11-41-19-13-21(33)27(22(34)14-19)31(37,38)45-25-17-43-30-26(18-44-29(25)30)46-32(39,40)28-23(35)15-20(16-24(28)36)42-12-10-8-6-4-2/h13-16,25-26,29-30H,3-12,17-18H2,1-2H3/t25-,26+,29-,30-/m0/s1. The van der Waals surface area contributed by atoms with Gasteiger partial charge in [0, 0.05) is 24.3 Å². The number of hydrogen-bond donors (Lipinski definition) is 0. The third-order valence-electron chi connectivity index (χ3n) is 7.71. The molecule has 2 aromatic carbocycles. The molecule has 0 unspecified atom stereocenters. The second-order valence-corrected chi connectivity index (χ2v) is 11.3. The van der Waals surface area contributed by atoms with Crippen LogP contribution < -0.4 is 9.47 Å². The van der Waals surface area contributed by atoms with Crippen LogP contribution in [-0.2, 0) is 31.2 Å². The molecule has 0 spiro atoms. The molecule has 2 fully saturated rings. The van der Waals surface area contributed by atoms with Gasteiger partial charge in [-0.3, -0.25) is 0 Å². The molecule has 0 amide bonds. The Kier molecular flexibility index (Phi) is 12.5. The molecule has 2 aliphatic heterocycles. The molecule has 0 aromatic heterocycles. The average Bonchev–Trinajstić information content (AvgIpc) is 3.54. The zero-order chi connectivity index (χ0) is 33.5. The van der Waals surface area contributed by atoms with Crippen LogP contribution >= 0.6 is 0 Å². The van der Waals surface area contributed by atoms with E-state index >= 15 is 17.6 Å². The van der Waals surface area contributed by atoms with E-state index in [1.165, 1.54) is 0 Å². The third-order valence-corrected chi connectivity index (χ3v) is 7.71. The van der Waals surface area contributed by atoms with Crippen molar-refractivity contribution in [1.29, 1.82) is 0 Å². The molecule has 46 heavy (non-hydrogen) atoms. The van der Waals surface area contributed by atoms with Gasteiger partial charge in [0.2, 0.25) is 0 Å². The second kappa shape index (κ2) is 15.9. The number of halogens is 8. The second-order valence-electron chi connectivity index (χ2n) is 11.3. The summed E-state index contributed by atoms with van der Waals surface area (Å²) in [6, 6.07) is 2.47. The van der Waals surface area contributed by atoms with Crippen molar-refractivity contribution in [1.82, 2.24) is 0 Å². The summed E-state index contributed by atoms with van der Waals surface area (Å²) in [6.45, 7) is 3.03. The Labute approximate surface area is 262 Å². The molecular formula is C32H38F8O6. The number of benzene rings is 2. The summed E-state index contributed by atoms with van der Waals surface area (Å²) in [5.41, 5.74) is -3.35. The van der Waals surface area contributed by atoms with Gasteiger partial charge >= 0.3 is 12.2 Å². The van der Waals surface area contributed by atoms with Crippen LogP contribution in [0.4, 0.5) is 35.1 Å². The van der Waals surface area contributed by atoms with Gasteiger partial charge < -0.3 is 28.4 Å². The normalized spacial score (nSPS) is 21.5. The summed E-state index contributed by atoms with van der Waals surface area (Å²) in [4.78, 5) is 0. The number of ether oxygens (including phenoxy) is 6. The first-order chi connectivity index (χ1) is 21.9. The smallest absolute Gasteiger partial charge is 0.389 e. The molecule has 0 radical (unpaired) electrons. The lowest BCUT2D eigenvalue weighted by Gasteiger charge is -2.25. The van der Waals surface area contributed by atoms with E-state index in [9.17, 15) is 17.6 Å². The van der Waals surface area contributed by atoms with Gasteiger partial charge in [0.15, 0.2) is 0 Å². The van der Waals surface area contributed by atoms with E-state index in [0.29, 0.717) is 37.1 Å². The summed E-state index contributed by atoms with van der Waals surface area (Å²) < 4.78 is 149. The van der Waals surface area contributed by atoms with Crippen molar-refractivity contribution in [3.05, 3.63) is 58.7 Å². The molecule has 14 heteroatoms. The van der Waals surface area contributed by atoms with Gasteiger partial charge in [-0.25, -0.2) is 17.6 Å². The van der Waals surface area contributed by atoms with Crippen LogP contribution in [0.3, 0.4) is 0 Å². The van der Waals surface area contributed by atoms with Gasteiger partial charge in [0.05, 0.1) is 26.4 Å². The number of fused-ring (bicyclic) bond motifs is 1. The lowest BCUT2D eigenvalue weighted by Crippen LogP contribution is -2.39. The van der Waals surface area contributed by atoms with Crippen molar-refractivity contribution >= 4 is 0 Å². The molecule has 2 aromatic rings. The highest BCUT2D eigenvalue weighted by Crippen LogP contribution is 2.43. The van der Waals surface area contributed by atoms with Gasteiger partial charge in [0.1, 0.15) is 70.3 Å². The lowest BCUT2D eigenvalue weighted by molar-refractivity contribution is -0.289. The van der Waals surface area contributed by atoms with E-state index in [-0.39, 0.29) is 24.7 Å². The van der Waals surface area contributed by atoms with Crippen LogP contribution in [0.2, 0.25) is 0 Å². The van der Waals surface area contributed by atoms with Crippen LogP contribution in [0.1, 0.15) is 76.3 Å². The van der Waals surface area contributed by atoms with Crippen LogP contribution in [0.15, 0.2) is 24.3 Å². The number of unbranched alkanes of at least 4 members (excludes halogenated alkanes) is 6. The Balaban J connectivity index is 1.37. The maximum atomic E-state index is 15.1. The average molecular weight is 671 g/mol. The molecule has 0 saturated carbocycles. The predicted octanol–water partition coefficient (Wildman–Crippen LogP) is 8.53. The number of rotatable bonds is 18. The molecule has 0 aliphatic carbocycles. The summed E-state index contributed by atoms with van der Waals surface area (Å²) in [7, 11) is 0. The molecule has 4 rings (SSSR count). The molecule has 2 heterocycles. The number of hydrogen-bond acceptors (Lipinski definition) is 6. The Morgan fingerprint density at radius 2 is 0.935 bits per heavy atom. The first kappa shape index (κ1) is 36.2. The summed E-state index contributed by atoms with van der Waals surface area (Å²) >= 11 is 0. The van der Waals surface area contributed by atoms with E-state index in [2.05, 4.69) is 0 Å². The van der Waals surface area contributed by atoms with Crippen LogP contribution in [0.5, 0.6) is 11.5 Å². The molecule has 0 bridgehead atoms. The molecule has 2 aliphatic rings. The van der Waals surface area contributed by atoms with Crippen molar-refractivity contribution in [2.45, 2.75) is 102 Å². The molecule has 0 N–H and O–H groups in total. The zero-order valence-electron chi connectivity index (χ0n) is 25.6. The maximum Gasteiger partial charge on any atom is 0.389 e.